The molecule has 1 atom stereocenters. The van der Waals surface area contributed by atoms with E-state index in [0.717, 1.165) is 6.42 Å². The fraction of sp³-hybridized carbons (Fsp3) is 0.750. The van der Waals surface area contributed by atoms with Gasteiger partial charge in [0.1, 0.15) is 6.04 Å². The number of carboxylic acids is 2. The van der Waals surface area contributed by atoms with Gasteiger partial charge in [-0.25, -0.2) is 9.59 Å². The van der Waals surface area contributed by atoms with E-state index in [9.17, 15) is 14.4 Å². The second-order valence-corrected chi connectivity index (χ2v) is 4.88. The minimum atomic E-state index is -1.23. The lowest BCUT2D eigenvalue weighted by Crippen LogP contribution is -2.47. The maximum absolute atomic E-state index is 11.7. The monoisotopic (exact) mass is 274 g/mol. The van der Waals surface area contributed by atoms with E-state index in [-0.39, 0.29) is 12.8 Å². The van der Waals surface area contributed by atoms with E-state index in [0.29, 0.717) is 12.5 Å². The van der Waals surface area contributed by atoms with Crippen LogP contribution in [-0.4, -0.2) is 52.7 Å². The van der Waals surface area contributed by atoms with Crippen LogP contribution in [0.4, 0.5) is 4.79 Å². The number of aliphatic carboxylic acids is 2. The highest BCUT2D eigenvalue weighted by Gasteiger charge is 2.22. The Hall–Kier alpha value is -1.79. The summed E-state index contributed by atoms with van der Waals surface area (Å²) in [6.07, 6.45) is 0.387. The first-order chi connectivity index (χ1) is 8.73. The van der Waals surface area contributed by atoms with Crippen molar-refractivity contribution >= 4 is 18.0 Å². The number of rotatable bonds is 8. The van der Waals surface area contributed by atoms with Gasteiger partial charge in [0.05, 0.1) is 0 Å². The predicted molar refractivity (Wildman–Crippen MR) is 68.9 cm³/mol. The molecule has 19 heavy (non-hydrogen) atoms. The van der Waals surface area contributed by atoms with E-state index in [1.165, 1.54) is 4.90 Å². The van der Waals surface area contributed by atoms with Gasteiger partial charge in [-0.1, -0.05) is 13.8 Å². The fourth-order valence-electron chi connectivity index (χ4n) is 1.34. The fourth-order valence-corrected chi connectivity index (χ4v) is 1.34. The van der Waals surface area contributed by atoms with Crippen molar-refractivity contribution in [1.82, 2.24) is 10.2 Å². The first-order valence-electron chi connectivity index (χ1n) is 6.20. The van der Waals surface area contributed by atoms with E-state index in [4.69, 9.17) is 10.2 Å². The van der Waals surface area contributed by atoms with Gasteiger partial charge in [0, 0.05) is 20.0 Å². The predicted octanol–water partition coefficient (Wildman–Crippen LogP) is 0.992. The van der Waals surface area contributed by atoms with Crippen LogP contribution in [0.15, 0.2) is 0 Å². The molecule has 0 saturated heterocycles. The van der Waals surface area contributed by atoms with Crippen LogP contribution in [0, 0.1) is 5.92 Å². The average Bonchev–Trinajstić information content (AvgIpc) is 2.30. The lowest BCUT2D eigenvalue weighted by atomic mass is 10.1. The van der Waals surface area contributed by atoms with Gasteiger partial charge in [-0.05, 0) is 18.8 Å². The number of nitrogens with one attached hydrogen (secondary N) is 1. The van der Waals surface area contributed by atoms with E-state index < -0.39 is 24.0 Å². The van der Waals surface area contributed by atoms with Gasteiger partial charge in [0.15, 0.2) is 0 Å². The number of carbonyl (C=O) groups excluding carboxylic acids is 1. The summed E-state index contributed by atoms with van der Waals surface area (Å²) in [5.74, 6) is -1.88. The van der Waals surface area contributed by atoms with E-state index in [1.54, 1.807) is 7.05 Å². The molecule has 7 heteroatoms. The molecule has 3 N–H and O–H groups in total. The zero-order valence-electron chi connectivity index (χ0n) is 11.5. The molecule has 0 aromatic rings. The molecule has 0 radical (unpaired) electrons. The van der Waals surface area contributed by atoms with Crippen molar-refractivity contribution in [1.29, 1.82) is 0 Å². The summed E-state index contributed by atoms with van der Waals surface area (Å²) in [5, 5.41) is 19.7. The summed E-state index contributed by atoms with van der Waals surface area (Å²) in [7, 11) is 1.58. The van der Waals surface area contributed by atoms with E-state index in [2.05, 4.69) is 5.32 Å². The summed E-state index contributed by atoms with van der Waals surface area (Å²) < 4.78 is 0. The van der Waals surface area contributed by atoms with Crippen molar-refractivity contribution in [3.8, 4) is 0 Å². The number of hydrogen-bond acceptors (Lipinski definition) is 3. The van der Waals surface area contributed by atoms with Gasteiger partial charge in [0.2, 0.25) is 0 Å². The highest BCUT2D eigenvalue weighted by Crippen LogP contribution is 2.03. The van der Waals surface area contributed by atoms with Crippen molar-refractivity contribution in [3.63, 3.8) is 0 Å². The second kappa shape index (κ2) is 8.34. The van der Waals surface area contributed by atoms with E-state index in [1.807, 2.05) is 13.8 Å². The minimum Gasteiger partial charge on any atom is -0.481 e. The summed E-state index contributed by atoms with van der Waals surface area (Å²) in [6.45, 7) is 4.58. The van der Waals surface area contributed by atoms with Crippen molar-refractivity contribution in [2.24, 2.45) is 5.92 Å². The smallest absolute Gasteiger partial charge is 0.326 e. The number of carboxylic acid groups (broad SMARTS) is 2. The third-order valence-corrected chi connectivity index (χ3v) is 2.63. The number of carbonyl (C=O) groups is 3. The molecule has 7 nitrogen and oxygen atoms in total. The van der Waals surface area contributed by atoms with Crippen LogP contribution in [0.3, 0.4) is 0 Å². The molecule has 0 aliphatic rings. The molecule has 0 bridgehead atoms. The number of nitrogens with zero attached hydrogens (tertiary/aromatic N) is 1. The largest absolute Gasteiger partial charge is 0.481 e. The maximum Gasteiger partial charge on any atom is 0.326 e. The van der Waals surface area contributed by atoms with Crippen LogP contribution in [-0.2, 0) is 9.59 Å². The Labute approximate surface area is 112 Å². The van der Waals surface area contributed by atoms with Crippen molar-refractivity contribution < 1.29 is 24.6 Å². The molecule has 2 amide bonds. The number of amides is 2. The highest BCUT2D eigenvalue weighted by atomic mass is 16.4. The zero-order valence-corrected chi connectivity index (χ0v) is 11.5. The molecule has 0 rings (SSSR count). The summed E-state index contributed by atoms with van der Waals surface area (Å²) in [4.78, 5) is 34.4. The molecule has 0 spiro atoms. The topological polar surface area (TPSA) is 107 Å². The lowest BCUT2D eigenvalue weighted by Gasteiger charge is -2.21. The van der Waals surface area contributed by atoms with Crippen molar-refractivity contribution in [2.45, 2.75) is 39.2 Å². The maximum atomic E-state index is 11.7. The van der Waals surface area contributed by atoms with Gasteiger partial charge in [-0.15, -0.1) is 0 Å². The molecular weight excluding hydrogens is 252 g/mol. The van der Waals surface area contributed by atoms with Crippen molar-refractivity contribution in [2.75, 3.05) is 13.6 Å². The SMILES string of the molecule is CC(C)CCN(C)C(=O)N[C@@H](CCC(=O)O)C(=O)O. The Morgan fingerprint density at radius 3 is 2.16 bits per heavy atom. The molecule has 0 fully saturated rings. The third kappa shape index (κ3) is 8.01. The van der Waals surface area contributed by atoms with Crippen LogP contribution in [0.25, 0.3) is 0 Å². The summed E-state index contributed by atoms with van der Waals surface area (Å²) in [5.41, 5.74) is 0. The lowest BCUT2D eigenvalue weighted by molar-refractivity contribution is -0.140. The van der Waals surface area contributed by atoms with Crippen LogP contribution in [0.1, 0.15) is 33.1 Å². The first-order valence-corrected chi connectivity index (χ1v) is 6.20. The van der Waals surface area contributed by atoms with Crippen LogP contribution in [0.2, 0.25) is 0 Å². The van der Waals surface area contributed by atoms with Crippen LogP contribution in [0.5, 0.6) is 0 Å². The Kier molecular flexibility index (Phi) is 7.55. The Bertz CT molecular complexity index is 330. The van der Waals surface area contributed by atoms with Gasteiger partial charge >= 0.3 is 18.0 Å². The summed E-state index contributed by atoms with van der Waals surface area (Å²) >= 11 is 0. The Morgan fingerprint density at radius 1 is 1.16 bits per heavy atom. The zero-order chi connectivity index (χ0) is 15.0. The third-order valence-electron chi connectivity index (χ3n) is 2.63. The van der Waals surface area contributed by atoms with Gasteiger partial charge in [-0.2, -0.15) is 0 Å². The summed E-state index contributed by atoms with van der Waals surface area (Å²) in [6, 6.07) is -1.68. The Balaban J connectivity index is 4.29. The van der Waals surface area contributed by atoms with Crippen molar-refractivity contribution in [3.05, 3.63) is 0 Å². The quantitative estimate of drug-likeness (QED) is 0.612. The molecule has 0 aliphatic carbocycles. The molecular formula is C12H22N2O5. The number of urea groups is 1. The molecule has 0 unspecified atom stereocenters. The van der Waals surface area contributed by atoms with Gasteiger partial charge in [-0.3, -0.25) is 4.79 Å². The van der Waals surface area contributed by atoms with Gasteiger partial charge in [0.25, 0.3) is 0 Å². The molecule has 0 aliphatic heterocycles. The van der Waals surface area contributed by atoms with Crippen LogP contribution < -0.4 is 5.32 Å². The standard InChI is InChI=1S/C12H22N2O5/c1-8(2)6-7-14(3)12(19)13-9(11(17)18)4-5-10(15)16/h8-9H,4-7H2,1-3H3,(H,13,19)(H,15,16)(H,17,18)/t9-/m0/s1. The minimum absolute atomic E-state index is 0.131. The number of hydrogen-bond donors (Lipinski definition) is 3. The first kappa shape index (κ1) is 17.2. The highest BCUT2D eigenvalue weighted by molar-refractivity contribution is 5.82. The molecule has 0 heterocycles. The van der Waals surface area contributed by atoms with E-state index >= 15 is 0 Å². The molecule has 0 aromatic carbocycles. The Morgan fingerprint density at radius 2 is 1.74 bits per heavy atom. The molecule has 0 aromatic heterocycles. The molecule has 0 saturated carbocycles. The van der Waals surface area contributed by atoms with Gasteiger partial charge < -0.3 is 20.4 Å². The van der Waals surface area contributed by atoms with Crippen LogP contribution >= 0.6 is 0 Å². The average molecular weight is 274 g/mol. The molecule has 110 valence electrons. The normalized spacial score (nSPS) is 12.0. The second-order valence-electron chi connectivity index (χ2n) is 4.88.